The summed E-state index contributed by atoms with van der Waals surface area (Å²) in [5.41, 5.74) is 0.0359. The van der Waals surface area contributed by atoms with Crippen molar-refractivity contribution in [1.29, 1.82) is 0 Å². The predicted molar refractivity (Wildman–Crippen MR) is 65.7 cm³/mol. The molecule has 0 bridgehead atoms. The Morgan fingerprint density at radius 2 is 2.21 bits per heavy atom. The number of pyridine rings is 1. The number of aromatic amines is 1. The summed E-state index contributed by atoms with van der Waals surface area (Å²) < 4.78 is 40.1. The summed E-state index contributed by atoms with van der Waals surface area (Å²) in [4.78, 5) is 8.81. The molecule has 1 N–H and O–H groups in total. The molecule has 19 heavy (non-hydrogen) atoms. The summed E-state index contributed by atoms with van der Waals surface area (Å²) >= 11 is 0. The van der Waals surface area contributed by atoms with Crippen LogP contribution in [0.2, 0.25) is 0 Å². The molecule has 2 aromatic rings. The maximum Gasteiger partial charge on any atom is 0.417 e. The van der Waals surface area contributed by atoms with Crippen molar-refractivity contribution < 1.29 is 13.2 Å². The second-order valence-corrected chi connectivity index (χ2v) is 4.96. The smallest absolute Gasteiger partial charge is 0.346 e. The van der Waals surface area contributed by atoms with Gasteiger partial charge in [0.1, 0.15) is 5.65 Å². The van der Waals surface area contributed by atoms with Gasteiger partial charge in [0, 0.05) is 29.4 Å². The van der Waals surface area contributed by atoms with Gasteiger partial charge in [0.15, 0.2) is 0 Å². The SMILES string of the molecule is CN1CCC[C@H]1c1cnc2[nH]ccc2c1C(F)(F)F. The number of nitrogens with zero attached hydrogens (tertiary/aromatic N) is 2. The number of fused-ring (bicyclic) bond motifs is 1. The van der Waals surface area contributed by atoms with Gasteiger partial charge in [0.25, 0.3) is 0 Å². The Kier molecular flexibility index (Phi) is 2.78. The van der Waals surface area contributed by atoms with Gasteiger partial charge in [-0.1, -0.05) is 0 Å². The number of nitrogens with one attached hydrogen (secondary N) is 1. The fourth-order valence-corrected chi connectivity index (χ4v) is 2.90. The highest BCUT2D eigenvalue weighted by Crippen LogP contribution is 2.42. The third-order valence-electron chi connectivity index (χ3n) is 3.78. The third kappa shape index (κ3) is 2.00. The average Bonchev–Trinajstić information content (AvgIpc) is 2.93. The van der Waals surface area contributed by atoms with E-state index in [0.717, 1.165) is 19.4 Å². The number of aromatic nitrogens is 2. The van der Waals surface area contributed by atoms with Crippen LogP contribution in [0, 0.1) is 0 Å². The zero-order chi connectivity index (χ0) is 13.6. The van der Waals surface area contributed by atoms with Gasteiger partial charge in [-0.2, -0.15) is 13.2 Å². The molecule has 0 aliphatic carbocycles. The molecule has 2 aromatic heterocycles. The maximum atomic E-state index is 13.4. The number of halogens is 3. The van der Waals surface area contributed by atoms with Crippen LogP contribution < -0.4 is 0 Å². The number of hydrogen-bond donors (Lipinski definition) is 1. The molecule has 0 radical (unpaired) electrons. The van der Waals surface area contributed by atoms with Crippen LogP contribution in [0.4, 0.5) is 13.2 Å². The summed E-state index contributed by atoms with van der Waals surface area (Å²) in [6.45, 7) is 0.827. The van der Waals surface area contributed by atoms with Crippen LogP contribution in [-0.2, 0) is 6.18 Å². The highest BCUT2D eigenvalue weighted by Gasteiger charge is 2.39. The molecule has 3 nitrogen and oxygen atoms in total. The van der Waals surface area contributed by atoms with Crippen molar-refractivity contribution in [1.82, 2.24) is 14.9 Å². The molecule has 1 saturated heterocycles. The van der Waals surface area contributed by atoms with Crippen molar-refractivity contribution in [3.63, 3.8) is 0 Å². The van der Waals surface area contributed by atoms with Gasteiger partial charge in [0.2, 0.25) is 0 Å². The topological polar surface area (TPSA) is 31.9 Å². The molecule has 0 aromatic carbocycles. The monoisotopic (exact) mass is 269 g/mol. The van der Waals surface area contributed by atoms with E-state index in [-0.39, 0.29) is 17.1 Å². The molecule has 0 unspecified atom stereocenters. The van der Waals surface area contributed by atoms with Crippen LogP contribution in [0.1, 0.15) is 30.0 Å². The maximum absolute atomic E-state index is 13.4. The third-order valence-corrected chi connectivity index (χ3v) is 3.78. The van der Waals surface area contributed by atoms with Crippen molar-refractivity contribution >= 4 is 11.0 Å². The second kappa shape index (κ2) is 4.23. The minimum atomic E-state index is -4.36. The lowest BCUT2D eigenvalue weighted by atomic mass is 9.98. The van der Waals surface area contributed by atoms with E-state index in [1.54, 1.807) is 0 Å². The van der Waals surface area contributed by atoms with Crippen LogP contribution in [0.25, 0.3) is 11.0 Å². The van der Waals surface area contributed by atoms with Crippen molar-refractivity contribution in [3.05, 3.63) is 29.6 Å². The number of hydrogen-bond acceptors (Lipinski definition) is 2. The molecule has 3 rings (SSSR count). The summed E-state index contributed by atoms with van der Waals surface area (Å²) in [5.74, 6) is 0. The fourth-order valence-electron chi connectivity index (χ4n) is 2.90. The van der Waals surface area contributed by atoms with Crippen LogP contribution in [0.3, 0.4) is 0 Å². The van der Waals surface area contributed by atoms with E-state index in [1.807, 2.05) is 11.9 Å². The van der Waals surface area contributed by atoms with Gasteiger partial charge in [-0.15, -0.1) is 0 Å². The van der Waals surface area contributed by atoms with Crippen LogP contribution in [-0.4, -0.2) is 28.5 Å². The Morgan fingerprint density at radius 1 is 1.42 bits per heavy atom. The van der Waals surface area contributed by atoms with E-state index in [2.05, 4.69) is 9.97 Å². The first-order valence-electron chi connectivity index (χ1n) is 6.22. The molecule has 102 valence electrons. The molecule has 0 saturated carbocycles. The number of likely N-dealkylation sites (tertiary alicyclic amines) is 1. The van der Waals surface area contributed by atoms with E-state index in [4.69, 9.17) is 0 Å². The highest BCUT2D eigenvalue weighted by atomic mass is 19.4. The molecule has 1 aliphatic heterocycles. The molecule has 6 heteroatoms. The van der Waals surface area contributed by atoms with Crippen LogP contribution in [0.5, 0.6) is 0 Å². The van der Waals surface area contributed by atoms with Gasteiger partial charge in [0.05, 0.1) is 5.56 Å². The lowest BCUT2D eigenvalue weighted by molar-refractivity contribution is -0.137. The van der Waals surface area contributed by atoms with Gasteiger partial charge >= 0.3 is 6.18 Å². The molecule has 1 atom stereocenters. The second-order valence-electron chi connectivity index (χ2n) is 4.96. The standard InChI is InChI=1S/C13H14F3N3/c1-19-6-2-3-10(19)9-7-18-12-8(4-5-17-12)11(9)13(14,15)16/h4-5,7,10H,2-3,6H2,1H3,(H,17,18)/t10-/m0/s1. The lowest BCUT2D eigenvalue weighted by Crippen LogP contribution is -2.21. The highest BCUT2D eigenvalue weighted by molar-refractivity contribution is 5.81. The summed E-state index contributed by atoms with van der Waals surface area (Å²) in [7, 11) is 1.86. The first kappa shape index (κ1) is 12.5. The quantitative estimate of drug-likeness (QED) is 0.861. The zero-order valence-electron chi connectivity index (χ0n) is 10.5. The van der Waals surface area contributed by atoms with Gasteiger partial charge in [-0.25, -0.2) is 4.98 Å². The molecular formula is C13H14F3N3. The minimum absolute atomic E-state index is 0.158. The van der Waals surface area contributed by atoms with Gasteiger partial charge < -0.3 is 4.98 Å². The minimum Gasteiger partial charge on any atom is -0.346 e. The average molecular weight is 269 g/mol. The van der Waals surface area contributed by atoms with Gasteiger partial charge in [-0.05, 0) is 32.5 Å². The predicted octanol–water partition coefficient (Wildman–Crippen LogP) is 3.35. The van der Waals surface area contributed by atoms with Crippen molar-refractivity contribution in [2.45, 2.75) is 25.1 Å². The largest absolute Gasteiger partial charge is 0.417 e. The summed E-state index contributed by atoms with van der Waals surface area (Å²) in [5, 5.41) is 0.158. The first-order valence-corrected chi connectivity index (χ1v) is 6.22. The number of alkyl halides is 3. The Bertz CT molecular complexity index is 603. The first-order chi connectivity index (χ1) is 8.98. The number of H-pyrrole nitrogens is 1. The van der Waals surface area contributed by atoms with E-state index < -0.39 is 11.7 Å². The fraction of sp³-hybridized carbons (Fsp3) is 0.462. The number of rotatable bonds is 1. The molecule has 0 spiro atoms. The van der Waals surface area contributed by atoms with Crippen LogP contribution in [0.15, 0.2) is 18.5 Å². The van der Waals surface area contributed by atoms with Gasteiger partial charge in [-0.3, -0.25) is 4.90 Å². The molecule has 0 amide bonds. The Hall–Kier alpha value is -1.56. The molecule has 1 fully saturated rings. The normalized spacial score (nSPS) is 21.4. The van der Waals surface area contributed by atoms with Crippen molar-refractivity contribution in [3.8, 4) is 0 Å². The lowest BCUT2D eigenvalue weighted by Gasteiger charge is -2.23. The van der Waals surface area contributed by atoms with E-state index >= 15 is 0 Å². The van der Waals surface area contributed by atoms with E-state index in [9.17, 15) is 13.2 Å². The van der Waals surface area contributed by atoms with Crippen LogP contribution >= 0.6 is 0 Å². The van der Waals surface area contributed by atoms with E-state index in [1.165, 1.54) is 18.5 Å². The van der Waals surface area contributed by atoms with E-state index in [0.29, 0.717) is 5.56 Å². The summed E-state index contributed by atoms with van der Waals surface area (Å²) in [6, 6.07) is 1.26. The Morgan fingerprint density at radius 3 is 2.84 bits per heavy atom. The molecule has 3 heterocycles. The Labute approximate surface area is 108 Å². The molecular weight excluding hydrogens is 255 g/mol. The summed E-state index contributed by atoms with van der Waals surface area (Å²) in [6.07, 6.45) is 0.173. The Balaban J connectivity index is 2.23. The molecule has 1 aliphatic rings. The van der Waals surface area contributed by atoms with Crippen molar-refractivity contribution in [2.75, 3.05) is 13.6 Å². The van der Waals surface area contributed by atoms with Crippen molar-refractivity contribution in [2.24, 2.45) is 0 Å². The zero-order valence-corrected chi connectivity index (χ0v) is 10.5.